The molecule has 0 radical (unpaired) electrons. The first kappa shape index (κ1) is 14.5. The molecule has 0 saturated carbocycles. The van der Waals surface area contributed by atoms with Gasteiger partial charge in [0.2, 0.25) is 0 Å². The van der Waals surface area contributed by atoms with Gasteiger partial charge in [0.05, 0.1) is 0 Å². The van der Waals surface area contributed by atoms with Crippen LogP contribution < -0.4 is 5.32 Å². The van der Waals surface area contributed by atoms with E-state index in [1.807, 2.05) is 12.1 Å². The van der Waals surface area contributed by atoms with Crippen LogP contribution in [0.3, 0.4) is 0 Å². The van der Waals surface area contributed by atoms with Crippen LogP contribution in [0.1, 0.15) is 12.5 Å². The molecule has 2 aromatic carbocycles. The minimum absolute atomic E-state index is 0.150. The van der Waals surface area contributed by atoms with Crippen molar-refractivity contribution in [3.05, 3.63) is 53.8 Å². The van der Waals surface area contributed by atoms with E-state index in [2.05, 4.69) is 5.32 Å². The fraction of sp³-hybridized carbons (Fsp3) is 0.250. The summed E-state index contributed by atoms with van der Waals surface area (Å²) in [7, 11) is 0. The Kier molecular flexibility index (Phi) is 4.71. The summed E-state index contributed by atoms with van der Waals surface area (Å²) in [6.45, 7) is 2.26. The lowest BCUT2D eigenvalue weighted by Crippen LogP contribution is -2.27. The van der Waals surface area contributed by atoms with Gasteiger partial charge in [-0.3, -0.25) is 5.32 Å². The Bertz CT molecular complexity index is 584. The summed E-state index contributed by atoms with van der Waals surface area (Å²) >= 11 is 0. The summed E-state index contributed by atoms with van der Waals surface area (Å²) in [5.41, 5.74) is 2.52. The van der Waals surface area contributed by atoms with Crippen LogP contribution in [-0.4, -0.2) is 23.0 Å². The molecule has 0 saturated heterocycles. The number of nitrogens with one attached hydrogen (secondary N) is 1. The van der Waals surface area contributed by atoms with Gasteiger partial charge in [0.25, 0.3) is 0 Å². The first-order valence-electron chi connectivity index (χ1n) is 6.55. The van der Waals surface area contributed by atoms with Crippen LogP contribution in [-0.2, 0) is 6.42 Å². The second kappa shape index (κ2) is 6.50. The summed E-state index contributed by atoms with van der Waals surface area (Å²) in [4.78, 5) is 0. The molecule has 20 heavy (non-hydrogen) atoms. The number of phenolic OH excluding ortho intramolecular Hbond substituents is 1. The molecule has 0 aliphatic rings. The van der Waals surface area contributed by atoms with E-state index in [0.29, 0.717) is 13.0 Å². The third-order valence-electron chi connectivity index (χ3n) is 3.06. The molecule has 0 aliphatic carbocycles. The molecular formula is C16H18FNO2. The highest BCUT2D eigenvalue weighted by atomic mass is 19.1. The van der Waals surface area contributed by atoms with E-state index in [0.717, 1.165) is 16.7 Å². The summed E-state index contributed by atoms with van der Waals surface area (Å²) < 4.78 is 13.3. The van der Waals surface area contributed by atoms with Crippen molar-refractivity contribution < 1.29 is 14.6 Å². The molecule has 0 aromatic heterocycles. The normalized spacial score (nSPS) is 12.3. The van der Waals surface area contributed by atoms with Crippen molar-refractivity contribution in [3.8, 4) is 16.9 Å². The summed E-state index contributed by atoms with van der Waals surface area (Å²) in [6, 6.07) is 11.4. The quantitative estimate of drug-likeness (QED) is 0.735. The number of benzene rings is 2. The van der Waals surface area contributed by atoms with Gasteiger partial charge in [0, 0.05) is 6.54 Å². The minimum Gasteiger partial charge on any atom is -0.508 e. The molecule has 0 spiro atoms. The van der Waals surface area contributed by atoms with Crippen molar-refractivity contribution in [2.75, 3.05) is 6.54 Å². The van der Waals surface area contributed by atoms with E-state index < -0.39 is 6.23 Å². The van der Waals surface area contributed by atoms with Crippen molar-refractivity contribution in [2.24, 2.45) is 0 Å². The molecule has 1 unspecified atom stereocenters. The molecule has 0 bridgehead atoms. The molecule has 2 rings (SSSR count). The smallest absolute Gasteiger partial charge is 0.123 e. The summed E-state index contributed by atoms with van der Waals surface area (Å²) in [5.74, 6) is -0.157. The van der Waals surface area contributed by atoms with Crippen molar-refractivity contribution in [1.29, 1.82) is 0 Å². The number of aromatic hydroxyl groups is 1. The Hall–Kier alpha value is -1.91. The first-order valence-corrected chi connectivity index (χ1v) is 6.55. The molecule has 2 aromatic rings. The predicted molar refractivity (Wildman–Crippen MR) is 76.9 cm³/mol. The van der Waals surface area contributed by atoms with Crippen molar-refractivity contribution in [2.45, 2.75) is 19.6 Å². The van der Waals surface area contributed by atoms with Gasteiger partial charge in [-0.05, 0) is 54.3 Å². The van der Waals surface area contributed by atoms with E-state index in [-0.39, 0.29) is 11.6 Å². The Morgan fingerprint density at radius 2 is 2.00 bits per heavy atom. The second-order valence-corrected chi connectivity index (χ2v) is 4.73. The second-order valence-electron chi connectivity index (χ2n) is 4.73. The van der Waals surface area contributed by atoms with Gasteiger partial charge in [0.1, 0.15) is 17.8 Å². The lowest BCUT2D eigenvalue weighted by molar-refractivity contribution is 0.157. The number of aliphatic hydroxyl groups excluding tert-OH is 1. The van der Waals surface area contributed by atoms with Gasteiger partial charge in [-0.15, -0.1) is 0 Å². The number of hydrogen-bond acceptors (Lipinski definition) is 3. The predicted octanol–water partition coefficient (Wildman–Crippen LogP) is 2.67. The molecule has 4 heteroatoms. The Labute approximate surface area is 117 Å². The summed E-state index contributed by atoms with van der Waals surface area (Å²) in [5, 5.41) is 21.7. The maximum absolute atomic E-state index is 13.3. The molecule has 1 atom stereocenters. The van der Waals surface area contributed by atoms with Crippen molar-refractivity contribution >= 4 is 0 Å². The number of aliphatic hydroxyl groups is 1. The van der Waals surface area contributed by atoms with Crippen LogP contribution in [0.5, 0.6) is 5.75 Å². The van der Waals surface area contributed by atoms with Gasteiger partial charge in [-0.25, -0.2) is 4.39 Å². The van der Waals surface area contributed by atoms with Gasteiger partial charge in [-0.2, -0.15) is 0 Å². The standard InChI is InChI=1S/C16H18FNO2/c1-11(19)18-8-7-12-5-6-15(20)10-16(12)13-3-2-4-14(17)9-13/h2-6,9-11,18-20H,7-8H2,1H3. The van der Waals surface area contributed by atoms with E-state index >= 15 is 0 Å². The molecule has 106 valence electrons. The highest BCUT2D eigenvalue weighted by Crippen LogP contribution is 2.28. The fourth-order valence-electron chi connectivity index (χ4n) is 2.12. The molecular weight excluding hydrogens is 257 g/mol. The third-order valence-corrected chi connectivity index (χ3v) is 3.06. The molecule has 0 amide bonds. The maximum atomic E-state index is 13.3. The number of halogens is 1. The number of phenols is 1. The van der Waals surface area contributed by atoms with Crippen LogP contribution in [0.2, 0.25) is 0 Å². The average Bonchev–Trinajstić information content (AvgIpc) is 2.40. The highest BCUT2D eigenvalue weighted by molar-refractivity contribution is 5.69. The fourth-order valence-corrected chi connectivity index (χ4v) is 2.12. The zero-order valence-corrected chi connectivity index (χ0v) is 11.3. The van der Waals surface area contributed by atoms with Gasteiger partial charge in [0.15, 0.2) is 0 Å². The van der Waals surface area contributed by atoms with E-state index in [1.165, 1.54) is 12.1 Å². The zero-order valence-electron chi connectivity index (χ0n) is 11.3. The van der Waals surface area contributed by atoms with E-state index in [4.69, 9.17) is 0 Å². The highest BCUT2D eigenvalue weighted by Gasteiger charge is 2.08. The molecule has 3 N–H and O–H groups in total. The molecule has 0 heterocycles. The van der Waals surface area contributed by atoms with Gasteiger partial charge < -0.3 is 10.2 Å². The zero-order chi connectivity index (χ0) is 14.5. The Morgan fingerprint density at radius 1 is 1.20 bits per heavy atom. The number of hydrogen-bond donors (Lipinski definition) is 3. The summed E-state index contributed by atoms with van der Waals surface area (Å²) in [6.07, 6.45) is 0.113. The van der Waals surface area contributed by atoms with Crippen molar-refractivity contribution in [3.63, 3.8) is 0 Å². The molecule has 0 aliphatic heterocycles. The minimum atomic E-state index is -0.565. The van der Waals surface area contributed by atoms with Crippen molar-refractivity contribution in [1.82, 2.24) is 5.32 Å². The number of rotatable bonds is 5. The SMILES string of the molecule is CC(O)NCCc1ccc(O)cc1-c1cccc(F)c1. The van der Waals surface area contributed by atoms with Crippen LogP contribution in [0, 0.1) is 5.82 Å². The lowest BCUT2D eigenvalue weighted by atomic mass is 9.97. The van der Waals surface area contributed by atoms with E-state index in [1.54, 1.807) is 25.1 Å². The van der Waals surface area contributed by atoms with Gasteiger partial charge in [-0.1, -0.05) is 18.2 Å². The monoisotopic (exact) mass is 275 g/mol. The molecule has 0 fully saturated rings. The van der Waals surface area contributed by atoms with E-state index in [9.17, 15) is 14.6 Å². The first-order chi connectivity index (χ1) is 9.56. The van der Waals surface area contributed by atoms with Gasteiger partial charge >= 0.3 is 0 Å². The Balaban J connectivity index is 2.28. The van der Waals surface area contributed by atoms with Crippen LogP contribution in [0.15, 0.2) is 42.5 Å². The molecule has 3 nitrogen and oxygen atoms in total. The third kappa shape index (κ3) is 3.79. The lowest BCUT2D eigenvalue weighted by Gasteiger charge is -2.12. The largest absolute Gasteiger partial charge is 0.508 e. The topological polar surface area (TPSA) is 52.5 Å². The Morgan fingerprint density at radius 3 is 2.70 bits per heavy atom. The maximum Gasteiger partial charge on any atom is 0.123 e. The van der Waals surface area contributed by atoms with Crippen LogP contribution >= 0.6 is 0 Å². The van der Waals surface area contributed by atoms with Crippen LogP contribution in [0.25, 0.3) is 11.1 Å². The average molecular weight is 275 g/mol. The van der Waals surface area contributed by atoms with Crippen LogP contribution in [0.4, 0.5) is 4.39 Å².